The summed E-state index contributed by atoms with van der Waals surface area (Å²) in [7, 11) is -1.97. The van der Waals surface area contributed by atoms with Gasteiger partial charge in [0.2, 0.25) is 16.0 Å². The van der Waals surface area contributed by atoms with Gasteiger partial charge in [-0.1, -0.05) is 6.92 Å². The van der Waals surface area contributed by atoms with E-state index in [0.29, 0.717) is 12.5 Å². The Morgan fingerprint density at radius 2 is 2.06 bits per heavy atom. The first kappa shape index (κ1) is 14.3. The zero-order chi connectivity index (χ0) is 13.6. The topological polar surface area (TPSA) is 99.0 Å². The molecule has 18 heavy (non-hydrogen) atoms. The Balaban J connectivity index is 2.99. The molecule has 1 rings (SSSR count). The third kappa shape index (κ3) is 3.15. The lowest BCUT2D eigenvalue weighted by Gasteiger charge is -2.18. The van der Waals surface area contributed by atoms with Gasteiger partial charge in [0, 0.05) is 26.6 Å². The molecule has 0 aromatic carbocycles. The van der Waals surface area contributed by atoms with Gasteiger partial charge in [0.1, 0.15) is 4.90 Å². The van der Waals surface area contributed by atoms with Crippen molar-refractivity contribution in [3.05, 3.63) is 12.4 Å². The number of nitriles is 1. The van der Waals surface area contributed by atoms with Crippen LogP contribution >= 0.6 is 0 Å². The van der Waals surface area contributed by atoms with Crippen LogP contribution in [0.2, 0.25) is 0 Å². The van der Waals surface area contributed by atoms with Gasteiger partial charge in [-0.2, -0.15) is 9.57 Å². The Morgan fingerprint density at radius 3 is 2.50 bits per heavy atom. The molecule has 0 aliphatic rings. The van der Waals surface area contributed by atoms with Crippen molar-refractivity contribution in [2.75, 3.05) is 25.5 Å². The summed E-state index contributed by atoms with van der Waals surface area (Å²) in [6.07, 6.45) is 2.66. The third-order valence-electron chi connectivity index (χ3n) is 2.32. The largest absolute Gasteiger partial charge is 0.357 e. The van der Waals surface area contributed by atoms with E-state index < -0.39 is 10.0 Å². The van der Waals surface area contributed by atoms with Crippen molar-refractivity contribution in [3.63, 3.8) is 0 Å². The highest BCUT2D eigenvalue weighted by Crippen LogP contribution is 2.14. The molecule has 7 nitrogen and oxygen atoms in total. The van der Waals surface area contributed by atoms with Crippen molar-refractivity contribution in [2.24, 2.45) is 0 Å². The van der Waals surface area contributed by atoms with Crippen molar-refractivity contribution in [3.8, 4) is 6.07 Å². The summed E-state index contributed by atoms with van der Waals surface area (Å²) >= 11 is 0. The SMILES string of the molecule is CCN(CCC#N)S(=O)(=O)c1cnc(NC)nc1. The second kappa shape index (κ2) is 6.28. The molecule has 1 N–H and O–H groups in total. The van der Waals surface area contributed by atoms with Crippen molar-refractivity contribution >= 4 is 16.0 Å². The molecular weight excluding hydrogens is 254 g/mol. The van der Waals surface area contributed by atoms with E-state index >= 15 is 0 Å². The molecule has 0 fully saturated rings. The van der Waals surface area contributed by atoms with Gasteiger partial charge in [-0.3, -0.25) is 0 Å². The molecule has 8 heteroatoms. The Morgan fingerprint density at radius 1 is 1.44 bits per heavy atom. The van der Waals surface area contributed by atoms with Crippen LogP contribution in [0.1, 0.15) is 13.3 Å². The zero-order valence-electron chi connectivity index (χ0n) is 10.3. The Bertz CT molecular complexity index is 520. The summed E-state index contributed by atoms with van der Waals surface area (Å²) in [5.41, 5.74) is 0. The van der Waals surface area contributed by atoms with Crippen LogP contribution in [0, 0.1) is 11.3 Å². The maximum absolute atomic E-state index is 12.2. The predicted octanol–water partition coefficient (Wildman–Crippen LogP) is 0.443. The van der Waals surface area contributed by atoms with E-state index in [-0.39, 0.29) is 17.9 Å². The summed E-state index contributed by atoms with van der Waals surface area (Å²) in [5.74, 6) is 0.356. The average molecular weight is 269 g/mol. The summed E-state index contributed by atoms with van der Waals surface area (Å²) in [6.45, 7) is 2.19. The maximum Gasteiger partial charge on any atom is 0.246 e. The van der Waals surface area contributed by atoms with E-state index in [4.69, 9.17) is 5.26 Å². The van der Waals surface area contributed by atoms with Crippen LogP contribution in [-0.2, 0) is 10.0 Å². The molecule has 1 heterocycles. The number of anilines is 1. The average Bonchev–Trinajstić information content (AvgIpc) is 2.39. The molecule has 0 aliphatic carbocycles. The van der Waals surface area contributed by atoms with E-state index in [0.717, 1.165) is 0 Å². The van der Waals surface area contributed by atoms with Crippen LogP contribution in [0.15, 0.2) is 17.3 Å². The lowest BCUT2D eigenvalue weighted by molar-refractivity contribution is 0.434. The van der Waals surface area contributed by atoms with Crippen LogP contribution in [0.3, 0.4) is 0 Å². The molecule has 0 radical (unpaired) electrons. The quantitative estimate of drug-likeness (QED) is 0.804. The molecule has 0 saturated carbocycles. The monoisotopic (exact) mass is 269 g/mol. The molecule has 0 unspecified atom stereocenters. The molecule has 0 atom stereocenters. The highest BCUT2D eigenvalue weighted by Gasteiger charge is 2.23. The van der Waals surface area contributed by atoms with Crippen molar-refractivity contribution in [1.29, 1.82) is 5.26 Å². The minimum atomic E-state index is -3.62. The molecule has 0 bridgehead atoms. The third-order valence-corrected chi connectivity index (χ3v) is 4.24. The second-order valence-corrected chi connectivity index (χ2v) is 5.34. The van der Waals surface area contributed by atoms with Crippen LogP contribution < -0.4 is 5.32 Å². The number of hydrogen-bond acceptors (Lipinski definition) is 6. The van der Waals surface area contributed by atoms with Gasteiger partial charge >= 0.3 is 0 Å². The number of hydrogen-bond donors (Lipinski definition) is 1. The lowest BCUT2D eigenvalue weighted by atomic mass is 10.5. The molecular formula is C10H15N5O2S. The van der Waals surface area contributed by atoms with E-state index in [2.05, 4.69) is 15.3 Å². The molecule has 98 valence electrons. The smallest absolute Gasteiger partial charge is 0.246 e. The Labute approximate surface area is 107 Å². The normalized spacial score (nSPS) is 11.2. The van der Waals surface area contributed by atoms with Gasteiger partial charge in [-0.15, -0.1) is 0 Å². The fourth-order valence-electron chi connectivity index (χ4n) is 1.35. The minimum absolute atomic E-state index is 0.0290. The Hall–Kier alpha value is -1.72. The number of sulfonamides is 1. The summed E-state index contributed by atoms with van der Waals surface area (Å²) in [6, 6.07) is 1.93. The summed E-state index contributed by atoms with van der Waals surface area (Å²) < 4.78 is 25.6. The van der Waals surface area contributed by atoms with E-state index in [1.807, 2.05) is 6.07 Å². The first-order valence-electron chi connectivity index (χ1n) is 5.43. The van der Waals surface area contributed by atoms with Crippen LogP contribution in [0.5, 0.6) is 0 Å². The lowest BCUT2D eigenvalue weighted by Crippen LogP contribution is -2.32. The fraction of sp³-hybridized carbons (Fsp3) is 0.500. The molecule has 0 aliphatic heterocycles. The maximum atomic E-state index is 12.2. The summed E-state index contributed by atoms with van der Waals surface area (Å²) in [4.78, 5) is 7.76. The first-order chi connectivity index (χ1) is 8.56. The molecule has 0 amide bonds. The van der Waals surface area contributed by atoms with Crippen LogP contribution in [0.4, 0.5) is 5.95 Å². The standard InChI is InChI=1S/C10H15N5O2S/c1-3-15(6-4-5-11)18(16,17)9-7-13-10(12-2)14-8-9/h7-8H,3-4,6H2,1-2H3,(H,12,13,14). The van der Waals surface area contributed by atoms with Gasteiger partial charge in [-0.05, 0) is 0 Å². The van der Waals surface area contributed by atoms with Crippen LogP contribution in [0.25, 0.3) is 0 Å². The predicted molar refractivity (Wildman–Crippen MR) is 66.2 cm³/mol. The van der Waals surface area contributed by atoms with Crippen molar-refractivity contribution in [2.45, 2.75) is 18.2 Å². The summed E-state index contributed by atoms with van der Waals surface area (Å²) in [5, 5.41) is 11.2. The second-order valence-electron chi connectivity index (χ2n) is 3.40. The van der Waals surface area contributed by atoms with Gasteiger partial charge in [0.05, 0.1) is 18.5 Å². The number of nitrogens with one attached hydrogen (secondary N) is 1. The number of nitrogens with zero attached hydrogens (tertiary/aromatic N) is 4. The van der Waals surface area contributed by atoms with Crippen molar-refractivity contribution in [1.82, 2.24) is 14.3 Å². The van der Waals surface area contributed by atoms with Gasteiger partial charge < -0.3 is 5.32 Å². The van der Waals surface area contributed by atoms with E-state index in [9.17, 15) is 8.42 Å². The van der Waals surface area contributed by atoms with E-state index in [1.54, 1.807) is 14.0 Å². The molecule has 1 aromatic heterocycles. The first-order valence-corrected chi connectivity index (χ1v) is 6.87. The number of aromatic nitrogens is 2. The van der Waals surface area contributed by atoms with Crippen molar-refractivity contribution < 1.29 is 8.42 Å². The molecule has 1 aromatic rings. The minimum Gasteiger partial charge on any atom is -0.357 e. The fourth-order valence-corrected chi connectivity index (χ4v) is 2.69. The van der Waals surface area contributed by atoms with E-state index in [1.165, 1.54) is 16.7 Å². The van der Waals surface area contributed by atoms with Gasteiger partial charge in [0.15, 0.2) is 0 Å². The Kier molecular flexibility index (Phi) is 5.00. The highest BCUT2D eigenvalue weighted by molar-refractivity contribution is 7.89. The highest BCUT2D eigenvalue weighted by atomic mass is 32.2. The molecule has 0 spiro atoms. The molecule has 0 saturated heterocycles. The van der Waals surface area contributed by atoms with Gasteiger partial charge in [0.25, 0.3) is 0 Å². The van der Waals surface area contributed by atoms with Crippen LogP contribution in [-0.4, -0.2) is 42.8 Å². The zero-order valence-corrected chi connectivity index (χ0v) is 11.1. The van der Waals surface area contributed by atoms with Gasteiger partial charge in [-0.25, -0.2) is 18.4 Å². The number of rotatable bonds is 6.